The first kappa shape index (κ1) is 31.3. The van der Waals surface area contributed by atoms with Crippen molar-refractivity contribution in [1.29, 1.82) is 0 Å². The van der Waals surface area contributed by atoms with Gasteiger partial charge in [-0.1, -0.05) is 54.6 Å². The van der Waals surface area contributed by atoms with Crippen molar-refractivity contribution in [1.82, 2.24) is 15.2 Å². The number of hydrogen-bond acceptors (Lipinski definition) is 9. The third-order valence-corrected chi connectivity index (χ3v) is 8.22. The minimum atomic E-state index is -0.750. The number of aromatic nitrogens is 1. The molecule has 0 spiro atoms. The third kappa shape index (κ3) is 7.38. The first-order chi connectivity index (χ1) is 22.4. The zero-order valence-electron chi connectivity index (χ0n) is 25.4. The van der Waals surface area contributed by atoms with Crippen molar-refractivity contribution in [3.8, 4) is 0 Å². The molecule has 1 saturated heterocycles. The van der Waals surface area contributed by atoms with Crippen molar-refractivity contribution in [2.24, 2.45) is 0 Å². The molecule has 3 aromatic carbocycles. The largest absolute Gasteiger partial charge is 0.392 e. The number of rotatable bonds is 11. The number of fused-ring (bicyclic) bond motifs is 1. The zero-order chi connectivity index (χ0) is 32.0. The molecule has 2 N–H and O–H groups in total. The highest BCUT2D eigenvalue weighted by molar-refractivity contribution is 6.15. The highest BCUT2D eigenvalue weighted by Gasteiger charge is 2.33. The van der Waals surface area contributed by atoms with Crippen LogP contribution in [0.3, 0.4) is 0 Å². The Bertz CT molecular complexity index is 1690. The van der Waals surface area contributed by atoms with Gasteiger partial charge in [0.25, 0.3) is 5.91 Å². The van der Waals surface area contributed by atoms with Gasteiger partial charge in [-0.15, -0.1) is 0 Å². The molecule has 1 unspecified atom stereocenters. The molecular formula is C36H35N3O7. The highest BCUT2D eigenvalue weighted by atomic mass is 16.7. The molecular weight excluding hydrogens is 586 g/mol. The maximum Gasteiger partial charge on any atom is 0.346 e. The molecule has 2 aliphatic rings. The van der Waals surface area contributed by atoms with Crippen LogP contribution in [-0.4, -0.2) is 59.1 Å². The molecule has 0 radical (unpaired) electrons. The van der Waals surface area contributed by atoms with Crippen molar-refractivity contribution < 1.29 is 33.7 Å². The van der Waals surface area contributed by atoms with E-state index in [1.807, 2.05) is 72.9 Å². The van der Waals surface area contributed by atoms with Crippen molar-refractivity contribution >= 4 is 17.8 Å². The van der Waals surface area contributed by atoms with Gasteiger partial charge < -0.3 is 29.5 Å². The Labute approximate surface area is 266 Å². The predicted octanol–water partition coefficient (Wildman–Crippen LogP) is 4.53. The van der Waals surface area contributed by atoms with E-state index in [0.717, 1.165) is 47.5 Å². The molecule has 0 bridgehead atoms. The van der Waals surface area contributed by atoms with E-state index in [2.05, 4.69) is 27.0 Å². The molecule has 6 rings (SSSR count). The Morgan fingerprint density at radius 2 is 1.65 bits per heavy atom. The van der Waals surface area contributed by atoms with Crippen LogP contribution in [0.15, 0.2) is 91.1 Å². The average Bonchev–Trinajstić information content (AvgIpc) is 3.38. The summed E-state index contributed by atoms with van der Waals surface area (Å²) in [6.07, 6.45) is 2.45. The van der Waals surface area contributed by atoms with Crippen LogP contribution in [0, 0.1) is 0 Å². The van der Waals surface area contributed by atoms with Crippen LogP contribution in [0.4, 0.5) is 0 Å². The number of nitrogens with one attached hydrogen (secondary N) is 1. The summed E-state index contributed by atoms with van der Waals surface area (Å²) in [5.41, 5.74) is 5.15. The fraction of sp³-hybridized carbons (Fsp3) is 0.278. The summed E-state index contributed by atoms with van der Waals surface area (Å²) in [5, 5.41) is 12.3. The normalized spacial score (nSPS) is 19.2. The van der Waals surface area contributed by atoms with E-state index < -0.39 is 18.2 Å². The Morgan fingerprint density at radius 3 is 2.39 bits per heavy atom. The van der Waals surface area contributed by atoms with Gasteiger partial charge in [-0.05, 0) is 54.1 Å². The van der Waals surface area contributed by atoms with Crippen LogP contribution in [0.2, 0.25) is 0 Å². The lowest BCUT2D eigenvalue weighted by molar-refractivity contribution is -0.252. The molecule has 1 amide bonds. The van der Waals surface area contributed by atoms with Gasteiger partial charge >= 0.3 is 11.9 Å². The quantitative estimate of drug-likeness (QED) is 0.183. The number of ether oxygens (including phenoxy) is 3. The molecule has 3 heterocycles. The summed E-state index contributed by atoms with van der Waals surface area (Å²) in [7, 11) is 2.08. The molecule has 4 aromatic rings. The van der Waals surface area contributed by atoms with Crippen LogP contribution in [0.1, 0.15) is 77.8 Å². The lowest BCUT2D eigenvalue weighted by atomic mass is 9.99. The van der Waals surface area contributed by atoms with E-state index in [1.165, 1.54) is 18.2 Å². The third-order valence-electron chi connectivity index (χ3n) is 8.22. The minimum absolute atomic E-state index is 0.0169. The molecule has 0 saturated carbocycles. The fourth-order valence-electron chi connectivity index (χ4n) is 5.63. The van der Waals surface area contributed by atoms with E-state index >= 15 is 0 Å². The lowest BCUT2D eigenvalue weighted by Crippen LogP contribution is -2.38. The van der Waals surface area contributed by atoms with Crippen LogP contribution in [-0.2, 0) is 33.8 Å². The second-order valence-corrected chi connectivity index (χ2v) is 11.5. The maximum absolute atomic E-state index is 12.8. The van der Waals surface area contributed by atoms with Crippen LogP contribution >= 0.6 is 0 Å². The van der Waals surface area contributed by atoms with Crippen molar-refractivity contribution in [2.75, 3.05) is 20.1 Å². The number of esters is 2. The summed E-state index contributed by atoms with van der Waals surface area (Å²) >= 11 is 0. The first-order valence-electron chi connectivity index (χ1n) is 15.2. The molecule has 3 atom stereocenters. The summed E-state index contributed by atoms with van der Waals surface area (Å²) < 4.78 is 17.6. The smallest absolute Gasteiger partial charge is 0.346 e. The number of likely N-dealkylation sites (N-methyl/N-ethyl adjacent to an activating group) is 1. The highest BCUT2D eigenvalue weighted by Crippen LogP contribution is 2.38. The molecule has 1 fully saturated rings. The number of carbonyl (C=O) groups is 3. The van der Waals surface area contributed by atoms with Gasteiger partial charge in [0.2, 0.25) is 0 Å². The van der Waals surface area contributed by atoms with E-state index in [0.29, 0.717) is 6.42 Å². The standard InChI is InChI=1S/C36H35N3O7/c1-39(17-15-28-4-2-3-16-37-28)21-29-19-32(25-9-7-24(22-40)8-10-25)45-36(44-29)26-11-5-23(6-12-26)20-38-33(41)27-13-14-30-31(18-27)35(43)46-34(30)42/h2-14,16,18,29,32,36,40H,15,17,19-22H2,1H3,(H,38,41)/t29-,32+,36?/m0/s1. The number of nitrogens with zero attached hydrogens (tertiary/aromatic N) is 2. The van der Waals surface area contributed by atoms with E-state index in [-0.39, 0.29) is 48.0 Å². The summed E-state index contributed by atoms with van der Waals surface area (Å²) in [4.78, 5) is 43.0. The van der Waals surface area contributed by atoms with Crippen LogP contribution < -0.4 is 5.32 Å². The number of pyridine rings is 1. The Balaban J connectivity index is 1.10. The molecule has 236 valence electrons. The summed E-state index contributed by atoms with van der Waals surface area (Å²) in [6, 6.07) is 25.7. The molecule has 46 heavy (non-hydrogen) atoms. The number of hydrogen-bond donors (Lipinski definition) is 2. The van der Waals surface area contributed by atoms with E-state index in [1.54, 1.807) is 0 Å². The first-order valence-corrected chi connectivity index (χ1v) is 15.2. The molecule has 2 aliphatic heterocycles. The Kier molecular flexibility index (Phi) is 9.60. The molecule has 0 aliphatic carbocycles. The summed E-state index contributed by atoms with van der Waals surface area (Å²) in [6.45, 7) is 1.80. The van der Waals surface area contributed by atoms with Gasteiger partial charge in [-0.25, -0.2) is 9.59 Å². The minimum Gasteiger partial charge on any atom is -0.392 e. The lowest BCUT2D eigenvalue weighted by Gasteiger charge is -2.38. The predicted molar refractivity (Wildman–Crippen MR) is 168 cm³/mol. The molecule has 10 heteroatoms. The number of carbonyl (C=O) groups excluding carboxylic acids is 3. The number of aliphatic hydroxyl groups excluding tert-OH is 1. The average molecular weight is 622 g/mol. The number of cyclic esters (lactones) is 2. The van der Waals surface area contributed by atoms with Crippen molar-refractivity contribution in [3.05, 3.63) is 136 Å². The Hall–Kier alpha value is -4.74. The topological polar surface area (TPSA) is 127 Å². The van der Waals surface area contributed by atoms with Crippen LogP contribution in [0.5, 0.6) is 0 Å². The van der Waals surface area contributed by atoms with Gasteiger partial charge in [0.15, 0.2) is 6.29 Å². The summed E-state index contributed by atoms with van der Waals surface area (Å²) in [5.74, 6) is -1.83. The van der Waals surface area contributed by atoms with Gasteiger partial charge in [-0.2, -0.15) is 0 Å². The maximum atomic E-state index is 12.8. The number of benzene rings is 3. The second kappa shape index (κ2) is 14.1. The van der Waals surface area contributed by atoms with Gasteiger partial charge in [-0.3, -0.25) is 9.78 Å². The van der Waals surface area contributed by atoms with E-state index in [4.69, 9.17) is 9.47 Å². The van der Waals surface area contributed by atoms with E-state index in [9.17, 15) is 19.5 Å². The zero-order valence-corrected chi connectivity index (χ0v) is 25.4. The number of aliphatic hydroxyl groups is 1. The monoisotopic (exact) mass is 621 g/mol. The molecule has 1 aromatic heterocycles. The molecule has 10 nitrogen and oxygen atoms in total. The second-order valence-electron chi connectivity index (χ2n) is 11.5. The van der Waals surface area contributed by atoms with Crippen molar-refractivity contribution in [2.45, 2.75) is 44.5 Å². The van der Waals surface area contributed by atoms with Crippen LogP contribution in [0.25, 0.3) is 0 Å². The van der Waals surface area contributed by atoms with Gasteiger partial charge in [0, 0.05) is 55.5 Å². The SMILES string of the molecule is CN(CCc1ccccn1)C[C@@H]1C[C@H](c2ccc(CO)cc2)OC(c2ccc(CNC(=O)c3ccc4c(c3)C(=O)OC4=O)cc2)O1. The van der Waals surface area contributed by atoms with Gasteiger partial charge in [0.1, 0.15) is 0 Å². The fourth-order valence-corrected chi connectivity index (χ4v) is 5.63. The Morgan fingerprint density at radius 1 is 0.913 bits per heavy atom. The van der Waals surface area contributed by atoms with Crippen molar-refractivity contribution in [3.63, 3.8) is 0 Å². The number of amides is 1. The van der Waals surface area contributed by atoms with Gasteiger partial charge in [0.05, 0.1) is 29.9 Å².